The van der Waals surface area contributed by atoms with Gasteiger partial charge in [-0.15, -0.1) is 0 Å². The van der Waals surface area contributed by atoms with Crippen LogP contribution in [0.15, 0.2) is 0 Å². The van der Waals surface area contributed by atoms with Crippen LogP contribution in [-0.2, 0) is 9.53 Å². The number of halogens is 2. The predicted octanol–water partition coefficient (Wildman–Crippen LogP) is -0.502. The Labute approximate surface area is 108 Å². The number of hydrogen-bond donors (Lipinski definition) is 3. The zero-order valence-electron chi connectivity index (χ0n) is 10.1. The van der Waals surface area contributed by atoms with Crippen molar-refractivity contribution in [2.24, 2.45) is 0 Å². The van der Waals surface area contributed by atoms with Crippen molar-refractivity contribution in [3.05, 3.63) is 0 Å². The summed E-state index contributed by atoms with van der Waals surface area (Å²) in [5, 5.41) is 20.6. The second-order valence-corrected chi connectivity index (χ2v) is 4.09. The second-order valence-electron chi connectivity index (χ2n) is 4.09. The molecule has 0 aromatic carbocycles. The van der Waals surface area contributed by atoms with Gasteiger partial charge in [0.15, 0.2) is 0 Å². The molecule has 0 aliphatic carbocycles. The Morgan fingerprint density at radius 3 is 2.74 bits per heavy atom. The van der Waals surface area contributed by atoms with Gasteiger partial charge in [0.2, 0.25) is 0 Å². The van der Waals surface area contributed by atoms with Crippen LogP contribution in [0.5, 0.6) is 0 Å². The molecule has 1 aliphatic rings. The summed E-state index contributed by atoms with van der Waals surface area (Å²) in [6, 6.07) is -1.73. The maximum atomic E-state index is 11.7. The molecule has 0 aromatic heterocycles. The average Bonchev–Trinajstić information content (AvgIpc) is 2.70. The highest BCUT2D eigenvalue weighted by Crippen LogP contribution is 2.17. The van der Waals surface area contributed by atoms with E-state index in [1.54, 1.807) is 0 Å². The number of hydrogen-bond acceptors (Lipinski definition) is 4. The summed E-state index contributed by atoms with van der Waals surface area (Å²) in [6.07, 6.45) is -3.47. The van der Waals surface area contributed by atoms with E-state index in [1.165, 1.54) is 0 Å². The van der Waals surface area contributed by atoms with Crippen LogP contribution in [0.4, 0.5) is 13.6 Å². The van der Waals surface area contributed by atoms with Gasteiger partial charge in [0.25, 0.3) is 6.43 Å². The van der Waals surface area contributed by atoms with Gasteiger partial charge in [0, 0.05) is 19.5 Å². The van der Waals surface area contributed by atoms with Gasteiger partial charge in [-0.05, 0) is 0 Å². The number of aliphatic hydroxyl groups excluding tert-OH is 1. The van der Waals surface area contributed by atoms with Gasteiger partial charge in [-0.1, -0.05) is 0 Å². The number of β-amino-alcohol motifs (C(OH)–C–C–N with tert-alkyl or cyclic N) is 1. The molecular formula is C10H16F2N2O5. The average molecular weight is 282 g/mol. The SMILES string of the molecule is O=C(O)[C@@H]1C[C@H](O)CN1C(=O)NCCOCC(F)F. The number of ether oxygens (including phenoxy) is 1. The minimum absolute atomic E-state index is 0.00944. The van der Waals surface area contributed by atoms with E-state index < -0.39 is 37.2 Å². The lowest BCUT2D eigenvalue weighted by atomic mass is 10.2. The van der Waals surface area contributed by atoms with E-state index >= 15 is 0 Å². The Bertz CT molecular complexity index is 329. The summed E-state index contributed by atoms with van der Waals surface area (Å²) in [6.45, 7) is -0.883. The van der Waals surface area contributed by atoms with Crippen molar-refractivity contribution in [3.63, 3.8) is 0 Å². The fourth-order valence-corrected chi connectivity index (χ4v) is 1.78. The van der Waals surface area contributed by atoms with Crippen LogP contribution < -0.4 is 5.32 Å². The smallest absolute Gasteiger partial charge is 0.326 e. The van der Waals surface area contributed by atoms with Gasteiger partial charge in [-0.3, -0.25) is 0 Å². The van der Waals surface area contributed by atoms with Gasteiger partial charge in [-0.25, -0.2) is 18.4 Å². The first kappa shape index (κ1) is 15.6. The predicted molar refractivity (Wildman–Crippen MR) is 59.0 cm³/mol. The summed E-state index contributed by atoms with van der Waals surface area (Å²) < 4.78 is 28.0. The molecule has 0 unspecified atom stereocenters. The standard InChI is InChI=1S/C10H16F2N2O5/c11-8(12)5-19-2-1-13-10(18)14-4-6(15)3-7(14)9(16)17/h6-8,15H,1-5H2,(H,13,18)(H,16,17)/t6-,7-/m0/s1. The number of nitrogens with zero attached hydrogens (tertiary/aromatic N) is 1. The molecule has 2 atom stereocenters. The van der Waals surface area contributed by atoms with Crippen LogP contribution in [0, 0.1) is 0 Å². The van der Waals surface area contributed by atoms with E-state index in [-0.39, 0.29) is 26.1 Å². The molecule has 1 saturated heterocycles. The number of rotatable bonds is 6. The second kappa shape index (κ2) is 7.19. The van der Waals surface area contributed by atoms with Crippen LogP contribution in [0.25, 0.3) is 0 Å². The van der Waals surface area contributed by atoms with E-state index in [2.05, 4.69) is 10.1 Å². The minimum Gasteiger partial charge on any atom is -0.480 e. The molecule has 0 radical (unpaired) electrons. The van der Waals surface area contributed by atoms with Crippen molar-refractivity contribution >= 4 is 12.0 Å². The van der Waals surface area contributed by atoms with Crippen molar-refractivity contribution in [2.45, 2.75) is 25.0 Å². The first-order valence-electron chi connectivity index (χ1n) is 5.73. The van der Waals surface area contributed by atoms with Gasteiger partial charge < -0.3 is 25.2 Å². The lowest BCUT2D eigenvalue weighted by molar-refractivity contribution is -0.141. The van der Waals surface area contributed by atoms with Crippen LogP contribution in [0.2, 0.25) is 0 Å². The number of amides is 2. The molecule has 1 aliphatic heterocycles. The summed E-state index contributed by atoms with van der Waals surface area (Å²) in [5.74, 6) is -1.19. The zero-order chi connectivity index (χ0) is 14.4. The van der Waals surface area contributed by atoms with E-state index in [0.717, 1.165) is 4.90 Å². The Kier molecular flexibility index (Phi) is 5.90. The molecule has 0 bridgehead atoms. The topological polar surface area (TPSA) is 99.1 Å². The third-order valence-corrected chi connectivity index (χ3v) is 2.59. The lowest BCUT2D eigenvalue weighted by Crippen LogP contribution is -2.47. The van der Waals surface area contributed by atoms with Gasteiger partial charge in [0.05, 0.1) is 12.7 Å². The molecule has 0 spiro atoms. The number of carbonyl (C=O) groups excluding carboxylic acids is 1. The molecule has 1 rings (SSSR count). The van der Waals surface area contributed by atoms with Crippen molar-refractivity contribution in [1.82, 2.24) is 10.2 Å². The van der Waals surface area contributed by atoms with Crippen molar-refractivity contribution in [2.75, 3.05) is 26.3 Å². The number of nitrogens with one attached hydrogen (secondary N) is 1. The lowest BCUT2D eigenvalue weighted by Gasteiger charge is -2.21. The highest BCUT2D eigenvalue weighted by Gasteiger charge is 2.38. The first-order valence-corrected chi connectivity index (χ1v) is 5.73. The van der Waals surface area contributed by atoms with Crippen LogP contribution >= 0.6 is 0 Å². The van der Waals surface area contributed by atoms with E-state index in [1.807, 2.05) is 0 Å². The Balaban J connectivity index is 2.30. The quantitative estimate of drug-likeness (QED) is 0.570. The highest BCUT2D eigenvalue weighted by molar-refractivity contribution is 5.83. The fraction of sp³-hybridized carbons (Fsp3) is 0.800. The van der Waals surface area contributed by atoms with Crippen molar-refractivity contribution in [1.29, 1.82) is 0 Å². The number of carboxylic acids is 1. The van der Waals surface area contributed by atoms with Crippen LogP contribution in [-0.4, -0.2) is 72.0 Å². The van der Waals surface area contributed by atoms with Crippen molar-refractivity contribution in [3.8, 4) is 0 Å². The van der Waals surface area contributed by atoms with Crippen LogP contribution in [0.3, 0.4) is 0 Å². The number of carboxylic acid groups (broad SMARTS) is 1. The normalized spacial score (nSPS) is 22.8. The van der Waals surface area contributed by atoms with Crippen LogP contribution in [0.1, 0.15) is 6.42 Å². The van der Waals surface area contributed by atoms with E-state index in [0.29, 0.717) is 0 Å². The number of aliphatic hydroxyl groups is 1. The summed E-state index contributed by atoms with van der Waals surface area (Å²) in [7, 11) is 0. The molecule has 7 nitrogen and oxygen atoms in total. The maximum absolute atomic E-state index is 11.7. The molecular weight excluding hydrogens is 266 g/mol. The Morgan fingerprint density at radius 1 is 1.47 bits per heavy atom. The van der Waals surface area contributed by atoms with Gasteiger partial charge in [0.1, 0.15) is 12.6 Å². The van der Waals surface area contributed by atoms with E-state index in [4.69, 9.17) is 5.11 Å². The number of carbonyl (C=O) groups is 2. The largest absolute Gasteiger partial charge is 0.480 e. The molecule has 1 heterocycles. The third-order valence-electron chi connectivity index (χ3n) is 2.59. The summed E-state index contributed by atoms with van der Waals surface area (Å²) >= 11 is 0. The highest BCUT2D eigenvalue weighted by atomic mass is 19.3. The van der Waals surface area contributed by atoms with Gasteiger partial charge in [-0.2, -0.15) is 0 Å². The molecule has 2 amide bonds. The maximum Gasteiger partial charge on any atom is 0.326 e. The molecule has 110 valence electrons. The summed E-state index contributed by atoms with van der Waals surface area (Å²) in [5.41, 5.74) is 0. The molecule has 0 aromatic rings. The number of alkyl halides is 2. The Hall–Kier alpha value is -1.48. The molecule has 9 heteroatoms. The molecule has 0 saturated carbocycles. The zero-order valence-corrected chi connectivity index (χ0v) is 10.1. The number of aliphatic carboxylic acids is 1. The van der Waals surface area contributed by atoms with Crippen molar-refractivity contribution < 1.29 is 33.3 Å². The molecule has 1 fully saturated rings. The fourth-order valence-electron chi connectivity index (χ4n) is 1.78. The number of likely N-dealkylation sites (tertiary alicyclic amines) is 1. The van der Waals surface area contributed by atoms with E-state index in [9.17, 15) is 23.5 Å². The molecule has 3 N–H and O–H groups in total. The number of urea groups is 1. The monoisotopic (exact) mass is 282 g/mol. The minimum atomic E-state index is -2.57. The third kappa shape index (κ3) is 4.95. The first-order chi connectivity index (χ1) is 8.91. The Morgan fingerprint density at radius 2 is 2.16 bits per heavy atom. The summed E-state index contributed by atoms with van der Waals surface area (Å²) in [4.78, 5) is 23.5. The molecule has 19 heavy (non-hydrogen) atoms. The van der Waals surface area contributed by atoms with Gasteiger partial charge >= 0.3 is 12.0 Å².